The van der Waals surface area contributed by atoms with Gasteiger partial charge in [-0.1, -0.05) is 21.6 Å². The Morgan fingerprint density at radius 1 is 0.929 bits per heavy atom. The second kappa shape index (κ2) is 2.61. The van der Waals surface area contributed by atoms with Crippen LogP contribution in [-0.2, 0) is 9.59 Å². The first-order chi connectivity index (χ1) is 6.34. The van der Waals surface area contributed by atoms with Gasteiger partial charge in [0.2, 0.25) is 0 Å². The molecule has 2 atom stereocenters. The molecule has 0 unspecified atom stereocenters. The number of nitrogens with zero attached hydrogens (tertiary/aromatic N) is 2. The monoisotopic (exact) mass is 232 g/mol. The molecular formula is C8H12N2O2S2. The lowest BCUT2D eigenvalue weighted by Gasteiger charge is -2.56. The Kier molecular flexibility index (Phi) is 1.89. The molecule has 2 bridgehead atoms. The molecule has 0 saturated carbocycles. The van der Waals surface area contributed by atoms with Crippen LogP contribution in [0.15, 0.2) is 0 Å². The summed E-state index contributed by atoms with van der Waals surface area (Å²) in [6.45, 7) is 3.58. The van der Waals surface area contributed by atoms with E-state index in [1.165, 1.54) is 21.6 Å². The van der Waals surface area contributed by atoms with E-state index in [0.717, 1.165) is 0 Å². The minimum atomic E-state index is -0.728. The van der Waals surface area contributed by atoms with Gasteiger partial charge in [-0.05, 0) is 13.8 Å². The molecule has 6 heteroatoms. The first kappa shape index (κ1) is 10.2. The highest BCUT2D eigenvalue weighted by atomic mass is 33.1. The minimum absolute atomic E-state index is 0.00542. The maximum Gasteiger partial charge on any atom is 0.260 e. The minimum Gasteiger partial charge on any atom is -0.319 e. The summed E-state index contributed by atoms with van der Waals surface area (Å²) in [5, 5.41) is 0. The number of likely N-dealkylation sites (N-methyl/N-ethyl adjacent to an activating group) is 2. The number of carbonyl (C=O) groups is 2. The molecule has 0 aromatic rings. The third-order valence-electron chi connectivity index (χ3n) is 3.05. The van der Waals surface area contributed by atoms with Gasteiger partial charge in [0.25, 0.3) is 11.8 Å². The van der Waals surface area contributed by atoms with Crippen LogP contribution in [0, 0.1) is 0 Å². The lowest BCUT2D eigenvalue weighted by Crippen LogP contribution is -2.73. The van der Waals surface area contributed by atoms with E-state index in [-0.39, 0.29) is 11.8 Å². The van der Waals surface area contributed by atoms with Crippen molar-refractivity contribution in [2.75, 3.05) is 14.1 Å². The zero-order valence-corrected chi connectivity index (χ0v) is 10.2. The summed E-state index contributed by atoms with van der Waals surface area (Å²) in [5.41, 5.74) is 0. The summed E-state index contributed by atoms with van der Waals surface area (Å²) in [5.74, 6) is 0.0108. The molecule has 3 fully saturated rings. The molecule has 0 aromatic heterocycles. The topological polar surface area (TPSA) is 40.6 Å². The van der Waals surface area contributed by atoms with Crippen LogP contribution in [0.3, 0.4) is 0 Å². The summed E-state index contributed by atoms with van der Waals surface area (Å²) < 4.78 is 0. The van der Waals surface area contributed by atoms with Gasteiger partial charge in [0.05, 0.1) is 0 Å². The van der Waals surface area contributed by atoms with Crippen molar-refractivity contribution in [1.82, 2.24) is 9.80 Å². The average molecular weight is 232 g/mol. The van der Waals surface area contributed by atoms with Crippen molar-refractivity contribution in [1.29, 1.82) is 0 Å². The van der Waals surface area contributed by atoms with Gasteiger partial charge in [0.1, 0.15) is 0 Å². The number of amides is 2. The van der Waals surface area contributed by atoms with Crippen LogP contribution in [0.1, 0.15) is 13.8 Å². The van der Waals surface area contributed by atoms with Gasteiger partial charge in [-0.15, -0.1) is 0 Å². The summed E-state index contributed by atoms with van der Waals surface area (Å²) in [7, 11) is 6.32. The van der Waals surface area contributed by atoms with Gasteiger partial charge in [-0.2, -0.15) is 0 Å². The van der Waals surface area contributed by atoms with Crippen LogP contribution in [0.4, 0.5) is 0 Å². The average Bonchev–Trinajstić information content (AvgIpc) is 2.16. The second-order valence-corrected chi connectivity index (χ2v) is 6.78. The highest BCUT2D eigenvalue weighted by Gasteiger charge is 2.63. The van der Waals surface area contributed by atoms with E-state index in [0.29, 0.717) is 0 Å². The third-order valence-corrected chi connectivity index (χ3v) is 6.88. The van der Waals surface area contributed by atoms with Crippen molar-refractivity contribution in [3.05, 3.63) is 0 Å². The first-order valence-corrected chi connectivity index (χ1v) is 6.42. The molecule has 0 radical (unpaired) electrons. The largest absolute Gasteiger partial charge is 0.319 e. The Morgan fingerprint density at radius 3 is 1.50 bits per heavy atom. The number of hydrogen-bond acceptors (Lipinski definition) is 4. The molecule has 3 saturated heterocycles. The summed E-state index contributed by atoms with van der Waals surface area (Å²) in [6.07, 6.45) is 0. The first-order valence-electron chi connectivity index (χ1n) is 4.27. The molecular weight excluding hydrogens is 220 g/mol. The molecule has 3 aliphatic heterocycles. The van der Waals surface area contributed by atoms with Gasteiger partial charge >= 0.3 is 0 Å². The fraction of sp³-hybridized carbons (Fsp3) is 0.750. The van der Waals surface area contributed by atoms with E-state index in [4.69, 9.17) is 0 Å². The van der Waals surface area contributed by atoms with Gasteiger partial charge in [0.15, 0.2) is 9.74 Å². The highest BCUT2D eigenvalue weighted by molar-refractivity contribution is 8.78. The molecule has 0 aliphatic carbocycles. The van der Waals surface area contributed by atoms with E-state index < -0.39 is 9.74 Å². The van der Waals surface area contributed by atoms with Crippen LogP contribution >= 0.6 is 21.6 Å². The van der Waals surface area contributed by atoms with Crippen LogP contribution in [-0.4, -0.2) is 45.5 Å². The van der Waals surface area contributed by atoms with Crippen molar-refractivity contribution in [3.63, 3.8) is 0 Å². The summed E-state index contributed by atoms with van der Waals surface area (Å²) in [6, 6.07) is 0. The molecule has 14 heavy (non-hydrogen) atoms. The third kappa shape index (κ3) is 0.883. The van der Waals surface area contributed by atoms with Crippen LogP contribution in [0.25, 0.3) is 0 Å². The quantitative estimate of drug-likeness (QED) is 0.578. The summed E-state index contributed by atoms with van der Waals surface area (Å²) >= 11 is 0. The van der Waals surface area contributed by atoms with E-state index in [1.807, 2.05) is 0 Å². The Balaban J connectivity index is 2.54. The molecule has 0 spiro atoms. The molecule has 3 rings (SSSR count). The highest BCUT2D eigenvalue weighted by Crippen LogP contribution is 2.57. The standard InChI is InChI=1S/C8H12N2O2S2/c1-7-5(11)10(4)8(2,14-13-7)6(12)9(7)3/h1-4H3/t7-,8-/m0/s1. The molecule has 78 valence electrons. The van der Waals surface area contributed by atoms with Crippen molar-refractivity contribution >= 4 is 33.4 Å². The van der Waals surface area contributed by atoms with E-state index in [1.54, 1.807) is 37.7 Å². The predicted molar refractivity (Wildman–Crippen MR) is 57.5 cm³/mol. The number of hydrogen-bond donors (Lipinski definition) is 0. The van der Waals surface area contributed by atoms with Crippen LogP contribution in [0.2, 0.25) is 0 Å². The Morgan fingerprint density at radius 2 is 1.21 bits per heavy atom. The zero-order valence-electron chi connectivity index (χ0n) is 8.53. The van der Waals surface area contributed by atoms with Crippen molar-refractivity contribution in [2.45, 2.75) is 23.6 Å². The SMILES string of the molecule is CN1C(=O)[C@]2(C)SS[C@@]1(C)C(=O)N2C. The molecule has 0 N–H and O–H groups in total. The maximum absolute atomic E-state index is 12.0. The smallest absolute Gasteiger partial charge is 0.260 e. The van der Waals surface area contributed by atoms with Crippen molar-refractivity contribution in [2.24, 2.45) is 0 Å². The van der Waals surface area contributed by atoms with Gasteiger partial charge in [-0.25, -0.2) is 0 Å². The van der Waals surface area contributed by atoms with E-state index in [9.17, 15) is 9.59 Å². The fourth-order valence-electron chi connectivity index (χ4n) is 1.64. The van der Waals surface area contributed by atoms with Crippen molar-refractivity contribution < 1.29 is 9.59 Å². The number of carbonyl (C=O) groups excluding carboxylic acids is 2. The maximum atomic E-state index is 12.0. The van der Waals surface area contributed by atoms with Crippen molar-refractivity contribution in [3.8, 4) is 0 Å². The molecule has 4 nitrogen and oxygen atoms in total. The van der Waals surface area contributed by atoms with Gasteiger partial charge < -0.3 is 9.80 Å². The Hall–Kier alpha value is -0.360. The van der Waals surface area contributed by atoms with Gasteiger partial charge in [0, 0.05) is 14.1 Å². The van der Waals surface area contributed by atoms with E-state index in [2.05, 4.69) is 0 Å². The van der Waals surface area contributed by atoms with Gasteiger partial charge in [-0.3, -0.25) is 9.59 Å². The number of fused-ring (bicyclic) bond motifs is 3. The number of piperazine rings is 1. The van der Waals surface area contributed by atoms with Crippen LogP contribution < -0.4 is 0 Å². The lowest BCUT2D eigenvalue weighted by atomic mass is 10.1. The fourth-order valence-corrected chi connectivity index (χ4v) is 4.84. The Bertz CT molecular complexity index is 303. The second-order valence-electron chi connectivity index (χ2n) is 3.86. The molecule has 0 aromatic carbocycles. The number of rotatable bonds is 0. The lowest BCUT2D eigenvalue weighted by molar-refractivity contribution is -0.161. The normalized spacial score (nSPS) is 42.3. The van der Waals surface area contributed by atoms with Crippen LogP contribution in [0.5, 0.6) is 0 Å². The molecule has 3 heterocycles. The summed E-state index contributed by atoms with van der Waals surface area (Å²) in [4.78, 5) is 25.6. The van der Waals surface area contributed by atoms with E-state index >= 15 is 0 Å². The molecule has 3 aliphatic rings. The molecule has 2 amide bonds. The zero-order chi connectivity index (χ0) is 10.7. The Labute approximate surface area is 90.8 Å². The predicted octanol–water partition coefficient (Wildman–Crippen LogP) is 0.744.